The predicted octanol–water partition coefficient (Wildman–Crippen LogP) is 4.19. The fourth-order valence-electron chi connectivity index (χ4n) is 5.53. The molecule has 1 saturated heterocycles. The van der Waals surface area contributed by atoms with Crippen LogP contribution in [0.3, 0.4) is 0 Å². The number of rotatable bonds is 14. The number of hydrogen-bond donors (Lipinski definition) is 4. The number of H-pyrrole nitrogens is 1. The van der Waals surface area contributed by atoms with E-state index in [1.807, 2.05) is 68.4 Å². The molecule has 44 heavy (non-hydrogen) atoms. The number of benzene rings is 2. The molecule has 0 saturated carbocycles. The van der Waals surface area contributed by atoms with E-state index in [0.717, 1.165) is 16.5 Å². The highest BCUT2D eigenvalue weighted by atomic mass is 16.5. The molecule has 1 aromatic heterocycles. The summed E-state index contributed by atoms with van der Waals surface area (Å²) in [5.74, 6) is -1.58. The quantitative estimate of drug-likeness (QED) is 0.124. The van der Waals surface area contributed by atoms with Crippen LogP contribution in [0, 0.1) is 29.1 Å². The van der Waals surface area contributed by atoms with Crippen molar-refractivity contribution in [3.05, 3.63) is 77.5 Å². The minimum Gasteiger partial charge on any atom is -0.496 e. The highest BCUT2D eigenvalue weighted by molar-refractivity contribution is 6.02. The third kappa shape index (κ3) is 8.34. The predicted molar refractivity (Wildman–Crippen MR) is 166 cm³/mol. The van der Waals surface area contributed by atoms with Gasteiger partial charge in [-0.25, -0.2) is 0 Å². The molecular weight excluding hydrogens is 558 g/mol. The third-order valence-electron chi connectivity index (χ3n) is 7.76. The van der Waals surface area contributed by atoms with Crippen molar-refractivity contribution in [2.45, 2.75) is 52.1 Å². The molecule has 1 aliphatic heterocycles. The summed E-state index contributed by atoms with van der Waals surface area (Å²) in [7, 11) is 1.57. The van der Waals surface area contributed by atoms with Crippen molar-refractivity contribution in [1.29, 1.82) is 5.26 Å². The molecule has 4 N–H and O–H groups in total. The van der Waals surface area contributed by atoms with Gasteiger partial charge in [-0.05, 0) is 55.0 Å². The number of ketones is 1. The van der Waals surface area contributed by atoms with Gasteiger partial charge in [0.1, 0.15) is 17.4 Å². The van der Waals surface area contributed by atoms with Gasteiger partial charge >= 0.3 is 0 Å². The largest absolute Gasteiger partial charge is 0.496 e. The van der Waals surface area contributed by atoms with E-state index < -0.39 is 17.9 Å². The molecule has 10 nitrogen and oxygen atoms in total. The molecular formula is C34H39N5O5. The first kappa shape index (κ1) is 32.0. The highest BCUT2D eigenvalue weighted by Crippen LogP contribution is 2.28. The van der Waals surface area contributed by atoms with Gasteiger partial charge in [-0.1, -0.05) is 50.2 Å². The Labute approximate surface area is 257 Å². The second-order valence-corrected chi connectivity index (χ2v) is 11.5. The number of aromatic amines is 1. The van der Waals surface area contributed by atoms with Crippen LogP contribution >= 0.6 is 0 Å². The lowest BCUT2D eigenvalue weighted by Gasteiger charge is -2.23. The normalized spacial score (nSPS) is 16.2. The maximum absolute atomic E-state index is 13.7. The Morgan fingerprint density at radius 3 is 2.57 bits per heavy atom. The smallest absolute Gasteiger partial charge is 0.261 e. The number of ether oxygens (including phenoxy) is 1. The van der Waals surface area contributed by atoms with Gasteiger partial charge in [0, 0.05) is 48.3 Å². The number of nitriles is 1. The zero-order valence-corrected chi connectivity index (χ0v) is 25.3. The van der Waals surface area contributed by atoms with Gasteiger partial charge in [0.05, 0.1) is 12.8 Å². The molecule has 4 rings (SSSR count). The Hall–Kier alpha value is -4.91. The molecule has 0 unspecified atom stereocenters. The number of hydrogen-bond acceptors (Lipinski definition) is 6. The van der Waals surface area contributed by atoms with E-state index in [1.165, 1.54) is 6.08 Å². The SMILES string of the molecule is COc1cccc2[nH]c(C(=O)C[C@@H](CC(C)C)C(=O)N[C@H](/C=C(/C#N)C(=O)NCc3ccccc3)C[C@@H]3CCNC3=O)cc12. The van der Waals surface area contributed by atoms with E-state index in [1.54, 1.807) is 13.2 Å². The lowest BCUT2D eigenvalue weighted by atomic mass is 9.90. The first-order chi connectivity index (χ1) is 21.2. The average Bonchev–Trinajstić information content (AvgIpc) is 3.64. The van der Waals surface area contributed by atoms with Crippen LogP contribution in [0.25, 0.3) is 10.9 Å². The summed E-state index contributed by atoms with van der Waals surface area (Å²) < 4.78 is 5.41. The molecule has 3 amide bonds. The fourth-order valence-corrected chi connectivity index (χ4v) is 5.53. The summed E-state index contributed by atoms with van der Waals surface area (Å²) in [4.78, 5) is 55.6. The monoisotopic (exact) mass is 597 g/mol. The molecule has 0 radical (unpaired) electrons. The summed E-state index contributed by atoms with van der Waals surface area (Å²) in [5, 5.41) is 19.1. The molecule has 0 bridgehead atoms. The van der Waals surface area contributed by atoms with Gasteiger partial charge in [-0.2, -0.15) is 5.26 Å². The number of aromatic nitrogens is 1. The zero-order chi connectivity index (χ0) is 31.6. The van der Waals surface area contributed by atoms with Crippen molar-refractivity contribution >= 4 is 34.4 Å². The minimum atomic E-state index is -0.768. The fraction of sp³-hybridized carbons (Fsp3) is 0.382. The molecule has 0 aliphatic carbocycles. The molecule has 3 atom stereocenters. The molecule has 1 fully saturated rings. The number of amides is 3. The van der Waals surface area contributed by atoms with Gasteiger partial charge in [-0.3, -0.25) is 19.2 Å². The Bertz CT molecular complexity index is 1570. The topological polar surface area (TPSA) is 153 Å². The third-order valence-corrected chi connectivity index (χ3v) is 7.76. The van der Waals surface area contributed by atoms with Gasteiger partial charge < -0.3 is 25.7 Å². The number of Topliss-reactive ketones (excluding diaryl/α,β-unsaturated/α-hetero) is 1. The van der Waals surface area contributed by atoms with E-state index in [-0.39, 0.29) is 54.4 Å². The highest BCUT2D eigenvalue weighted by Gasteiger charge is 2.31. The van der Waals surface area contributed by atoms with Gasteiger partial charge in [0.15, 0.2) is 5.78 Å². The lowest BCUT2D eigenvalue weighted by Crippen LogP contribution is -2.41. The number of fused-ring (bicyclic) bond motifs is 1. The first-order valence-corrected chi connectivity index (χ1v) is 14.9. The summed E-state index contributed by atoms with van der Waals surface area (Å²) in [6.45, 7) is 4.71. The molecule has 1 aliphatic rings. The summed E-state index contributed by atoms with van der Waals surface area (Å²) in [6.07, 6.45) is 2.63. The van der Waals surface area contributed by atoms with Crippen LogP contribution < -0.4 is 20.7 Å². The van der Waals surface area contributed by atoms with E-state index in [9.17, 15) is 24.4 Å². The van der Waals surface area contributed by atoms with Crippen molar-refractivity contribution < 1.29 is 23.9 Å². The average molecular weight is 598 g/mol. The molecule has 10 heteroatoms. The number of methoxy groups -OCH3 is 1. The number of nitrogens with zero attached hydrogens (tertiary/aromatic N) is 1. The number of carbonyl (C=O) groups is 4. The van der Waals surface area contributed by atoms with E-state index in [4.69, 9.17) is 4.74 Å². The van der Waals surface area contributed by atoms with Gasteiger partial charge in [0.25, 0.3) is 5.91 Å². The van der Waals surface area contributed by atoms with Crippen LogP contribution in [0.1, 0.15) is 55.6 Å². The zero-order valence-electron chi connectivity index (χ0n) is 25.3. The first-order valence-electron chi connectivity index (χ1n) is 14.9. The van der Waals surface area contributed by atoms with Crippen molar-refractivity contribution in [3.8, 4) is 11.8 Å². The maximum Gasteiger partial charge on any atom is 0.261 e. The van der Waals surface area contributed by atoms with Crippen LogP contribution in [-0.2, 0) is 20.9 Å². The Morgan fingerprint density at radius 2 is 1.91 bits per heavy atom. The Morgan fingerprint density at radius 1 is 1.14 bits per heavy atom. The second kappa shape index (κ2) is 15.0. The molecule has 0 spiro atoms. The maximum atomic E-state index is 13.7. The Kier molecular flexibility index (Phi) is 10.9. The minimum absolute atomic E-state index is 0.0395. The van der Waals surface area contributed by atoms with E-state index in [0.29, 0.717) is 30.8 Å². The van der Waals surface area contributed by atoms with Crippen LogP contribution in [0.2, 0.25) is 0 Å². The Balaban J connectivity index is 1.53. The number of nitrogens with one attached hydrogen (secondary N) is 4. The van der Waals surface area contributed by atoms with Crippen LogP contribution in [0.15, 0.2) is 66.2 Å². The van der Waals surface area contributed by atoms with Crippen LogP contribution in [0.5, 0.6) is 5.75 Å². The lowest BCUT2D eigenvalue weighted by molar-refractivity contribution is -0.127. The molecule has 230 valence electrons. The molecule has 2 heterocycles. The van der Waals surface area contributed by atoms with Crippen molar-refractivity contribution in [2.24, 2.45) is 17.8 Å². The standard InChI is InChI=1S/C34H39N5O5/c1-21(2)14-24(17-30(40)29-18-27-28(39-29)10-7-11-31(27)44-3)34(43)38-26(15-23-12-13-36-32(23)41)16-25(19-35)33(42)37-20-22-8-5-4-6-9-22/h4-11,16,18,21,23-24,26,39H,12-15,17,20H2,1-3H3,(H,36,41)(H,37,42)(H,38,43)/b25-16-/t23-,24+,26-/m0/s1. The summed E-state index contributed by atoms with van der Waals surface area (Å²) in [6, 6.07) is 17.7. The van der Waals surface area contributed by atoms with Crippen molar-refractivity contribution in [2.75, 3.05) is 13.7 Å². The van der Waals surface area contributed by atoms with Crippen LogP contribution in [0.4, 0.5) is 0 Å². The van der Waals surface area contributed by atoms with Gasteiger partial charge in [-0.15, -0.1) is 0 Å². The summed E-state index contributed by atoms with van der Waals surface area (Å²) in [5.41, 5.74) is 1.85. The van der Waals surface area contributed by atoms with E-state index >= 15 is 0 Å². The van der Waals surface area contributed by atoms with E-state index in [2.05, 4.69) is 20.9 Å². The molecule has 2 aromatic carbocycles. The molecule has 3 aromatic rings. The number of carbonyl (C=O) groups excluding carboxylic acids is 4. The van der Waals surface area contributed by atoms with Crippen molar-refractivity contribution in [3.63, 3.8) is 0 Å². The second-order valence-electron chi connectivity index (χ2n) is 11.5. The van der Waals surface area contributed by atoms with Crippen molar-refractivity contribution in [1.82, 2.24) is 20.9 Å². The van der Waals surface area contributed by atoms with Gasteiger partial charge in [0.2, 0.25) is 11.8 Å². The van der Waals surface area contributed by atoms with Crippen LogP contribution in [-0.4, -0.2) is 48.2 Å². The summed E-state index contributed by atoms with van der Waals surface area (Å²) >= 11 is 0.